The van der Waals surface area contributed by atoms with Crippen LogP contribution in [-0.2, 0) is 6.42 Å². The number of aromatic hydroxyl groups is 1. The third-order valence-electron chi connectivity index (χ3n) is 4.85. The minimum Gasteiger partial charge on any atom is -0.512 e. The molecule has 2 aliphatic carbocycles. The van der Waals surface area contributed by atoms with Crippen molar-refractivity contribution in [3.8, 4) is 5.75 Å². The zero-order valence-electron chi connectivity index (χ0n) is 12.4. The lowest BCUT2D eigenvalue weighted by molar-refractivity contribution is 0.398. The Labute approximate surface area is 132 Å². The Morgan fingerprint density at radius 2 is 1.65 bits per heavy atom. The maximum absolute atomic E-state index is 10.9. The SMILES string of the molecule is OC1=CC=c2c(c3ccccc3c3cc4c(c(O)c23)=CC=C4)C1. The van der Waals surface area contributed by atoms with Crippen LogP contribution < -0.4 is 10.4 Å². The first-order chi connectivity index (χ1) is 11.2. The Bertz CT molecular complexity index is 1190. The highest BCUT2D eigenvalue weighted by Crippen LogP contribution is 2.32. The topological polar surface area (TPSA) is 40.5 Å². The molecule has 0 saturated heterocycles. The number of phenols is 1. The molecule has 0 bridgehead atoms. The second-order valence-electron chi connectivity index (χ2n) is 6.12. The van der Waals surface area contributed by atoms with Crippen molar-refractivity contribution in [2.75, 3.05) is 0 Å². The highest BCUT2D eigenvalue weighted by atomic mass is 16.3. The van der Waals surface area contributed by atoms with Crippen molar-refractivity contribution in [2.45, 2.75) is 6.42 Å². The summed E-state index contributed by atoms with van der Waals surface area (Å²) in [6.45, 7) is 0. The van der Waals surface area contributed by atoms with Crippen LogP contribution in [0.15, 0.2) is 48.2 Å². The van der Waals surface area contributed by atoms with E-state index in [9.17, 15) is 10.2 Å². The number of aliphatic hydroxyl groups excluding tert-OH is 1. The van der Waals surface area contributed by atoms with E-state index in [-0.39, 0.29) is 0 Å². The number of aliphatic hydroxyl groups is 1. The number of phenolic OH excluding ortho intramolecular Hbond substituents is 1. The van der Waals surface area contributed by atoms with Gasteiger partial charge in [0.05, 0.1) is 5.76 Å². The van der Waals surface area contributed by atoms with Gasteiger partial charge >= 0.3 is 0 Å². The van der Waals surface area contributed by atoms with Crippen molar-refractivity contribution >= 4 is 39.8 Å². The van der Waals surface area contributed by atoms with Gasteiger partial charge in [-0.25, -0.2) is 0 Å². The molecule has 0 aromatic heterocycles. The van der Waals surface area contributed by atoms with Crippen LogP contribution in [0.3, 0.4) is 0 Å². The van der Waals surface area contributed by atoms with Gasteiger partial charge in [0.1, 0.15) is 5.75 Å². The number of fused-ring (bicyclic) bond motifs is 7. The van der Waals surface area contributed by atoms with Gasteiger partial charge in [-0.05, 0) is 44.6 Å². The molecule has 0 spiro atoms. The fourth-order valence-corrected chi connectivity index (χ4v) is 3.82. The Morgan fingerprint density at radius 1 is 0.826 bits per heavy atom. The number of allylic oxidation sites excluding steroid dienone is 3. The second kappa shape index (κ2) is 4.26. The van der Waals surface area contributed by atoms with E-state index < -0.39 is 0 Å². The first-order valence-corrected chi connectivity index (χ1v) is 7.71. The fourth-order valence-electron chi connectivity index (χ4n) is 3.82. The Kier molecular flexibility index (Phi) is 2.32. The molecule has 0 fully saturated rings. The summed E-state index contributed by atoms with van der Waals surface area (Å²) in [6.07, 6.45) is 10.1. The molecule has 0 unspecified atom stereocenters. The summed E-state index contributed by atoms with van der Waals surface area (Å²) in [7, 11) is 0. The van der Waals surface area contributed by atoms with Crippen LogP contribution in [-0.4, -0.2) is 10.2 Å². The van der Waals surface area contributed by atoms with Gasteiger partial charge in [0.2, 0.25) is 0 Å². The second-order valence-corrected chi connectivity index (χ2v) is 6.12. The van der Waals surface area contributed by atoms with Crippen LogP contribution in [0.2, 0.25) is 0 Å². The van der Waals surface area contributed by atoms with E-state index in [2.05, 4.69) is 18.2 Å². The maximum Gasteiger partial charge on any atom is 0.131 e. The van der Waals surface area contributed by atoms with E-state index in [1.165, 1.54) is 0 Å². The summed E-state index contributed by atoms with van der Waals surface area (Å²) in [5.41, 5.74) is 2.13. The molecule has 3 aromatic rings. The van der Waals surface area contributed by atoms with Gasteiger partial charge < -0.3 is 10.2 Å². The van der Waals surface area contributed by atoms with E-state index in [1.54, 1.807) is 6.08 Å². The van der Waals surface area contributed by atoms with Gasteiger partial charge in [0.15, 0.2) is 0 Å². The Hall–Kier alpha value is -3.00. The Morgan fingerprint density at radius 3 is 2.52 bits per heavy atom. The molecule has 23 heavy (non-hydrogen) atoms. The van der Waals surface area contributed by atoms with Gasteiger partial charge in [0.25, 0.3) is 0 Å². The lowest BCUT2D eigenvalue weighted by Crippen LogP contribution is -2.18. The quantitative estimate of drug-likeness (QED) is 0.625. The van der Waals surface area contributed by atoms with Crippen LogP contribution in [0.4, 0.5) is 0 Å². The summed E-state index contributed by atoms with van der Waals surface area (Å²) in [5, 5.41) is 26.9. The molecule has 2 aliphatic rings. The maximum atomic E-state index is 10.9. The first kappa shape index (κ1) is 12.5. The van der Waals surface area contributed by atoms with Gasteiger partial charge in [-0.2, -0.15) is 0 Å². The Balaban J connectivity index is 2.15. The van der Waals surface area contributed by atoms with Crippen molar-refractivity contribution in [1.82, 2.24) is 0 Å². The normalized spacial score (nSPS) is 15.0. The predicted octanol–water partition coefficient (Wildman–Crippen LogP) is 3.28. The summed E-state index contributed by atoms with van der Waals surface area (Å²) in [5.74, 6) is 0.687. The molecule has 2 nitrogen and oxygen atoms in total. The molecule has 3 aromatic carbocycles. The van der Waals surface area contributed by atoms with Crippen LogP contribution in [0, 0.1) is 0 Å². The zero-order valence-corrected chi connectivity index (χ0v) is 12.4. The molecule has 0 heterocycles. The molecule has 110 valence electrons. The highest BCUT2D eigenvalue weighted by Gasteiger charge is 2.17. The van der Waals surface area contributed by atoms with Gasteiger partial charge in [-0.3, -0.25) is 0 Å². The van der Waals surface area contributed by atoms with Crippen molar-refractivity contribution < 1.29 is 10.2 Å². The fraction of sp³-hybridized carbons (Fsp3) is 0.0476. The van der Waals surface area contributed by atoms with E-state index in [0.29, 0.717) is 17.9 Å². The number of hydrogen-bond acceptors (Lipinski definition) is 2. The number of hydrogen-bond donors (Lipinski definition) is 2. The lowest BCUT2D eigenvalue weighted by Gasteiger charge is -2.16. The van der Waals surface area contributed by atoms with Crippen molar-refractivity contribution in [2.24, 2.45) is 0 Å². The van der Waals surface area contributed by atoms with E-state index in [0.717, 1.165) is 43.1 Å². The van der Waals surface area contributed by atoms with Crippen molar-refractivity contribution in [1.29, 1.82) is 0 Å². The van der Waals surface area contributed by atoms with Crippen LogP contribution in [0.25, 0.3) is 39.8 Å². The molecule has 0 radical (unpaired) electrons. The minimum atomic E-state index is 0.329. The largest absolute Gasteiger partial charge is 0.512 e. The third kappa shape index (κ3) is 1.58. The van der Waals surface area contributed by atoms with Crippen LogP contribution in [0.5, 0.6) is 5.75 Å². The van der Waals surface area contributed by atoms with Crippen LogP contribution in [0.1, 0.15) is 11.1 Å². The average molecular weight is 298 g/mol. The standard InChI is InChI=1S/C21H14O2/c22-13-8-9-17-18(11-13)15-5-1-2-6-16(15)19-10-12-4-3-7-14(12)21(23)20(17)19/h1-10,22-23H,11H2. The lowest BCUT2D eigenvalue weighted by atomic mass is 9.89. The highest BCUT2D eigenvalue weighted by molar-refractivity contribution is 6.12. The number of benzene rings is 3. The summed E-state index contributed by atoms with van der Waals surface area (Å²) < 4.78 is 0. The van der Waals surface area contributed by atoms with E-state index in [4.69, 9.17) is 0 Å². The van der Waals surface area contributed by atoms with Gasteiger partial charge in [0, 0.05) is 17.0 Å². The van der Waals surface area contributed by atoms with Gasteiger partial charge in [-0.1, -0.05) is 48.6 Å². The summed E-state index contributed by atoms with van der Waals surface area (Å²) in [6, 6.07) is 10.4. The summed E-state index contributed by atoms with van der Waals surface area (Å²) in [4.78, 5) is 0. The summed E-state index contributed by atoms with van der Waals surface area (Å²) >= 11 is 0. The first-order valence-electron chi connectivity index (χ1n) is 7.71. The molecule has 0 amide bonds. The minimum absolute atomic E-state index is 0.329. The zero-order chi connectivity index (χ0) is 15.6. The molecule has 2 heteroatoms. The molecule has 2 N–H and O–H groups in total. The number of rotatable bonds is 0. The molecular weight excluding hydrogens is 284 g/mol. The van der Waals surface area contributed by atoms with E-state index >= 15 is 0 Å². The van der Waals surface area contributed by atoms with E-state index in [1.807, 2.05) is 36.4 Å². The van der Waals surface area contributed by atoms with Crippen molar-refractivity contribution in [3.05, 3.63) is 69.8 Å². The molecule has 0 atom stereocenters. The smallest absolute Gasteiger partial charge is 0.131 e. The van der Waals surface area contributed by atoms with Crippen molar-refractivity contribution in [3.63, 3.8) is 0 Å². The molecular formula is C21H14O2. The van der Waals surface area contributed by atoms with Crippen LogP contribution >= 0.6 is 0 Å². The predicted molar refractivity (Wildman–Crippen MR) is 94.7 cm³/mol. The molecule has 5 rings (SSSR count). The van der Waals surface area contributed by atoms with Gasteiger partial charge in [-0.15, -0.1) is 0 Å². The monoisotopic (exact) mass is 298 g/mol. The average Bonchev–Trinajstić information content (AvgIpc) is 3.04. The molecule has 0 aliphatic heterocycles. The third-order valence-corrected chi connectivity index (χ3v) is 4.85. The molecule has 0 saturated carbocycles.